The van der Waals surface area contributed by atoms with Crippen molar-refractivity contribution < 1.29 is 14.3 Å². The lowest BCUT2D eigenvalue weighted by molar-refractivity contribution is -0.142. The van der Waals surface area contributed by atoms with Gasteiger partial charge in [-0.3, -0.25) is 9.59 Å². The van der Waals surface area contributed by atoms with Gasteiger partial charge in [0.1, 0.15) is 0 Å². The number of hydrogen-bond donors (Lipinski definition) is 0. The van der Waals surface area contributed by atoms with E-state index in [1.54, 1.807) is 0 Å². The number of fused-ring (bicyclic) bond motifs is 1. The van der Waals surface area contributed by atoms with E-state index in [2.05, 4.69) is 39.5 Å². The summed E-state index contributed by atoms with van der Waals surface area (Å²) < 4.78 is 5.20. The lowest BCUT2D eigenvalue weighted by atomic mass is 9.71. The van der Waals surface area contributed by atoms with Crippen molar-refractivity contribution in [3.8, 4) is 0 Å². The second kappa shape index (κ2) is 9.98. The van der Waals surface area contributed by atoms with Crippen LogP contribution in [0.1, 0.15) is 100 Å². The SMILES string of the molecule is CC.CCOC(=O)Cc1c(C)c(C)c2c(c1C)C(C)(C)C(=O)N(C1CCCCC1)C2. The van der Waals surface area contributed by atoms with Crippen molar-refractivity contribution in [1.82, 2.24) is 4.90 Å². The van der Waals surface area contributed by atoms with E-state index in [1.807, 2.05) is 20.8 Å². The largest absolute Gasteiger partial charge is 0.466 e. The van der Waals surface area contributed by atoms with Crippen LogP contribution in [-0.2, 0) is 32.7 Å². The molecule has 0 unspecified atom stereocenters. The molecule has 3 rings (SSSR count). The van der Waals surface area contributed by atoms with Gasteiger partial charge < -0.3 is 9.64 Å². The highest BCUT2D eigenvalue weighted by molar-refractivity contribution is 5.91. The van der Waals surface area contributed by atoms with Gasteiger partial charge in [0.2, 0.25) is 5.91 Å². The Balaban J connectivity index is 0.00000155. The highest BCUT2D eigenvalue weighted by atomic mass is 16.5. The first-order chi connectivity index (χ1) is 14.2. The number of hydrogen-bond acceptors (Lipinski definition) is 3. The third kappa shape index (κ3) is 4.43. The van der Waals surface area contributed by atoms with E-state index in [0.29, 0.717) is 19.2 Å². The van der Waals surface area contributed by atoms with Gasteiger partial charge in [-0.1, -0.05) is 33.1 Å². The minimum atomic E-state index is -0.572. The van der Waals surface area contributed by atoms with E-state index in [0.717, 1.165) is 35.1 Å². The third-order valence-corrected chi connectivity index (χ3v) is 6.99. The van der Waals surface area contributed by atoms with Crippen LogP contribution >= 0.6 is 0 Å². The van der Waals surface area contributed by atoms with Crippen LogP contribution in [0.25, 0.3) is 0 Å². The predicted molar refractivity (Wildman–Crippen MR) is 123 cm³/mol. The molecule has 1 heterocycles. The molecule has 0 saturated heterocycles. The van der Waals surface area contributed by atoms with Gasteiger partial charge in [0.15, 0.2) is 0 Å². The smallest absolute Gasteiger partial charge is 0.310 e. The summed E-state index contributed by atoms with van der Waals surface area (Å²) in [4.78, 5) is 27.9. The van der Waals surface area contributed by atoms with Crippen LogP contribution in [-0.4, -0.2) is 29.4 Å². The van der Waals surface area contributed by atoms with E-state index >= 15 is 0 Å². The van der Waals surface area contributed by atoms with Gasteiger partial charge in [-0.05, 0) is 87.8 Å². The van der Waals surface area contributed by atoms with Crippen LogP contribution in [0.2, 0.25) is 0 Å². The van der Waals surface area contributed by atoms with Gasteiger partial charge in [-0.25, -0.2) is 0 Å². The number of ether oxygens (including phenoxy) is 1. The van der Waals surface area contributed by atoms with Gasteiger partial charge in [0.25, 0.3) is 0 Å². The zero-order valence-corrected chi connectivity index (χ0v) is 20.4. The summed E-state index contributed by atoms with van der Waals surface area (Å²) >= 11 is 0. The molecule has 30 heavy (non-hydrogen) atoms. The van der Waals surface area contributed by atoms with E-state index in [4.69, 9.17) is 4.74 Å². The van der Waals surface area contributed by atoms with Crippen molar-refractivity contribution in [2.45, 2.75) is 112 Å². The number of rotatable bonds is 4. The highest BCUT2D eigenvalue weighted by Crippen LogP contribution is 2.43. The molecule has 4 heteroatoms. The van der Waals surface area contributed by atoms with Crippen molar-refractivity contribution in [2.24, 2.45) is 0 Å². The van der Waals surface area contributed by atoms with Crippen LogP contribution in [0.3, 0.4) is 0 Å². The monoisotopic (exact) mass is 415 g/mol. The first-order valence-electron chi connectivity index (χ1n) is 11.8. The van der Waals surface area contributed by atoms with Gasteiger partial charge in [0, 0.05) is 12.6 Å². The molecule has 1 aliphatic carbocycles. The molecule has 0 atom stereocenters. The summed E-state index contributed by atoms with van der Waals surface area (Å²) in [6.07, 6.45) is 6.24. The Kier molecular flexibility index (Phi) is 8.13. The molecular formula is C26H41NO3. The summed E-state index contributed by atoms with van der Waals surface area (Å²) in [6, 6.07) is 0.368. The van der Waals surface area contributed by atoms with Gasteiger partial charge in [-0.2, -0.15) is 0 Å². The summed E-state index contributed by atoms with van der Waals surface area (Å²) in [7, 11) is 0. The maximum atomic E-state index is 13.5. The maximum Gasteiger partial charge on any atom is 0.310 e. The van der Waals surface area contributed by atoms with Crippen LogP contribution in [0.15, 0.2) is 0 Å². The van der Waals surface area contributed by atoms with Gasteiger partial charge in [-0.15, -0.1) is 0 Å². The zero-order valence-electron chi connectivity index (χ0n) is 20.4. The lowest BCUT2D eigenvalue weighted by Crippen LogP contribution is -2.53. The first kappa shape index (κ1) is 24.4. The normalized spacial score (nSPS) is 18.4. The average Bonchev–Trinajstić information content (AvgIpc) is 2.73. The Morgan fingerprint density at radius 3 is 2.20 bits per heavy atom. The number of esters is 1. The molecule has 1 fully saturated rings. The topological polar surface area (TPSA) is 46.6 Å². The van der Waals surface area contributed by atoms with Crippen molar-refractivity contribution in [2.75, 3.05) is 6.61 Å². The van der Waals surface area contributed by atoms with Crippen LogP contribution in [0.5, 0.6) is 0 Å². The lowest BCUT2D eigenvalue weighted by Gasteiger charge is -2.46. The third-order valence-electron chi connectivity index (χ3n) is 6.99. The molecule has 1 aromatic rings. The summed E-state index contributed by atoms with van der Waals surface area (Å²) in [6.45, 7) is 17.4. The minimum absolute atomic E-state index is 0.197. The molecular weight excluding hydrogens is 374 g/mol. The van der Waals surface area contributed by atoms with Crippen LogP contribution in [0, 0.1) is 20.8 Å². The van der Waals surface area contributed by atoms with Crippen LogP contribution in [0.4, 0.5) is 0 Å². The van der Waals surface area contributed by atoms with E-state index in [1.165, 1.54) is 30.4 Å². The number of nitrogens with zero attached hydrogens (tertiary/aromatic N) is 1. The molecule has 0 spiro atoms. The second-order valence-electron chi connectivity index (χ2n) is 9.04. The Bertz CT molecular complexity index is 788. The molecule has 4 nitrogen and oxygen atoms in total. The van der Waals surface area contributed by atoms with E-state index in [-0.39, 0.29) is 18.3 Å². The van der Waals surface area contributed by atoms with Crippen molar-refractivity contribution in [1.29, 1.82) is 0 Å². The summed E-state index contributed by atoms with van der Waals surface area (Å²) in [5.41, 5.74) is 6.36. The number of amides is 1. The quantitative estimate of drug-likeness (QED) is 0.593. The maximum absolute atomic E-state index is 13.5. The number of carbonyl (C=O) groups is 2. The average molecular weight is 416 g/mol. The number of carbonyl (C=O) groups excluding carboxylic acids is 2. The molecule has 1 aliphatic heterocycles. The molecule has 0 radical (unpaired) electrons. The Morgan fingerprint density at radius 1 is 1.03 bits per heavy atom. The fourth-order valence-electron chi connectivity index (χ4n) is 5.36. The van der Waals surface area contributed by atoms with Crippen LogP contribution < -0.4 is 0 Å². The van der Waals surface area contributed by atoms with E-state index < -0.39 is 5.41 Å². The van der Waals surface area contributed by atoms with Crippen molar-refractivity contribution in [3.63, 3.8) is 0 Å². The fourth-order valence-corrected chi connectivity index (χ4v) is 5.36. The van der Waals surface area contributed by atoms with E-state index in [9.17, 15) is 9.59 Å². The second-order valence-corrected chi connectivity index (χ2v) is 9.04. The summed E-state index contributed by atoms with van der Waals surface area (Å²) in [5.74, 6) is 0.0390. The fraction of sp³-hybridized carbons (Fsp3) is 0.692. The van der Waals surface area contributed by atoms with Crippen molar-refractivity contribution >= 4 is 11.9 Å². The standard InChI is InChI=1S/C24H35NO3.C2H6/c1-7-28-21(26)13-19-15(2)16(3)20-14-25(18-11-9-8-10-12-18)23(27)24(5,6)22(20)17(19)4;1-2/h18H,7-14H2,1-6H3;1-2H3. The Hall–Kier alpha value is -1.84. The first-order valence-corrected chi connectivity index (χ1v) is 11.8. The zero-order chi connectivity index (χ0) is 22.6. The molecule has 168 valence electrons. The molecule has 0 aromatic heterocycles. The van der Waals surface area contributed by atoms with Gasteiger partial charge >= 0.3 is 5.97 Å². The molecule has 1 aromatic carbocycles. The molecule has 1 amide bonds. The number of benzene rings is 1. The molecule has 2 aliphatic rings. The Morgan fingerprint density at radius 2 is 1.63 bits per heavy atom. The Labute approximate surface area is 183 Å². The highest BCUT2D eigenvalue weighted by Gasteiger charge is 2.44. The molecule has 1 saturated carbocycles. The molecule has 0 bridgehead atoms. The minimum Gasteiger partial charge on any atom is -0.466 e. The van der Waals surface area contributed by atoms with Gasteiger partial charge in [0.05, 0.1) is 18.4 Å². The predicted octanol–water partition coefficient (Wildman–Crippen LogP) is 5.70. The van der Waals surface area contributed by atoms with Crippen molar-refractivity contribution in [3.05, 3.63) is 33.4 Å². The molecule has 0 N–H and O–H groups in total. The summed E-state index contributed by atoms with van der Waals surface area (Å²) in [5, 5.41) is 0.